The Morgan fingerprint density at radius 2 is 1.83 bits per heavy atom. The van der Waals surface area contributed by atoms with Crippen LogP contribution < -0.4 is 5.32 Å². The number of sulfonamides is 1. The maximum absolute atomic E-state index is 12.6. The highest BCUT2D eigenvalue weighted by Crippen LogP contribution is 2.15. The van der Waals surface area contributed by atoms with Gasteiger partial charge in [0.25, 0.3) is 0 Å². The minimum atomic E-state index is -3.85. The number of carbonyl (C=O) groups is 2. The van der Waals surface area contributed by atoms with E-state index in [1.54, 1.807) is 0 Å². The zero-order valence-electron chi connectivity index (χ0n) is 14.4. The molecule has 0 bridgehead atoms. The summed E-state index contributed by atoms with van der Waals surface area (Å²) in [5.41, 5.74) is 0. The lowest BCUT2D eigenvalue weighted by atomic mass is 10.1. The highest BCUT2D eigenvalue weighted by molar-refractivity contribution is 7.89. The van der Waals surface area contributed by atoms with E-state index in [1.165, 1.54) is 21.0 Å². The minimum absolute atomic E-state index is 0.0496. The zero-order chi connectivity index (χ0) is 18.2. The van der Waals surface area contributed by atoms with Gasteiger partial charge in [0.1, 0.15) is 6.04 Å². The molecule has 0 rings (SSSR count). The average molecular weight is 352 g/mol. The number of carbonyl (C=O) groups excluding carboxylic acids is 1. The van der Waals surface area contributed by atoms with E-state index in [9.17, 15) is 18.0 Å². The Hall–Kier alpha value is -1.19. The number of hydrogen-bond donors (Lipinski definition) is 2. The van der Waals surface area contributed by atoms with Crippen molar-refractivity contribution in [3.05, 3.63) is 0 Å². The average Bonchev–Trinajstić information content (AvgIpc) is 2.40. The number of amides is 1. The minimum Gasteiger partial charge on any atom is -0.480 e. The number of aliphatic carboxylic acids is 1. The van der Waals surface area contributed by atoms with Crippen LogP contribution in [0.1, 0.15) is 34.1 Å². The highest BCUT2D eigenvalue weighted by Gasteiger charge is 2.33. The summed E-state index contributed by atoms with van der Waals surface area (Å²) < 4.78 is 31.3. The second kappa shape index (κ2) is 9.84. The van der Waals surface area contributed by atoms with Gasteiger partial charge in [-0.1, -0.05) is 13.8 Å². The lowest BCUT2D eigenvalue weighted by molar-refractivity contribution is -0.140. The molecule has 0 spiro atoms. The predicted octanol–water partition coefficient (Wildman–Crippen LogP) is 0.289. The fourth-order valence-electron chi connectivity index (χ4n) is 2.13. The molecule has 136 valence electrons. The van der Waals surface area contributed by atoms with Crippen molar-refractivity contribution in [3.63, 3.8) is 0 Å². The molecule has 0 aliphatic rings. The van der Waals surface area contributed by atoms with Gasteiger partial charge in [-0.2, -0.15) is 4.31 Å². The third-order valence-corrected chi connectivity index (χ3v) is 5.32. The number of methoxy groups -OCH3 is 1. The van der Waals surface area contributed by atoms with Crippen molar-refractivity contribution in [1.82, 2.24) is 9.62 Å². The summed E-state index contributed by atoms with van der Waals surface area (Å²) in [5, 5.41) is 11.6. The zero-order valence-corrected chi connectivity index (χ0v) is 15.2. The molecule has 0 saturated carbocycles. The van der Waals surface area contributed by atoms with Crippen LogP contribution in [0.25, 0.3) is 0 Å². The molecule has 0 aliphatic carbocycles. The van der Waals surface area contributed by atoms with Gasteiger partial charge in [-0.25, -0.2) is 8.42 Å². The van der Waals surface area contributed by atoms with Crippen molar-refractivity contribution < 1.29 is 27.9 Å². The lowest BCUT2D eigenvalue weighted by Crippen LogP contribution is -2.49. The van der Waals surface area contributed by atoms with Crippen molar-refractivity contribution in [2.24, 2.45) is 5.92 Å². The number of ether oxygens (including phenoxy) is 1. The molecule has 0 aromatic carbocycles. The Labute approximate surface area is 138 Å². The number of rotatable bonds is 11. The van der Waals surface area contributed by atoms with E-state index < -0.39 is 28.1 Å². The molecular weight excluding hydrogens is 324 g/mol. The fraction of sp³-hybridized carbons (Fsp3) is 0.857. The molecule has 2 atom stereocenters. The van der Waals surface area contributed by atoms with Gasteiger partial charge in [0.15, 0.2) is 0 Å². The Balaban J connectivity index is 5.16. The first-order valence-electron chi connectivity index (χ1n) is 7.50. The number of nitrogens with zero attached hydrogens (tertiary/aromatic N) is 1. The van der Waals surface area contributed by atoms with Gasteiger partial charge in [0.05, 0.1) is 11.9 Å². The van der Waals surface area contributed by atoms with Crippen LogP contribution in [0.3, 0.4) is 0 Å². The van der Waals surface area contributed by atoms with Gasteiger partial charge < -0.3 is 15.2 Å². The van der Waals surface area contributed by atoms with E-state index in [0.717, 1.165) is 4.31 Å². The third kappa shape index (κ3) is 8.29. The third-order valence-electron chi connectivity index (χ3n) is 3.32. The topological polar surface area (TPSA) is 113 Å². The second-order valence-electron chi connectivity index (χ2n) is 5.87. The molecule has 2 N–H and O–H groups in total. The number of nitrogens with one attached hydrogen (secondary N) is 1. The first-order valence-corrected chi connectivity index (χ1v) is 9.11. The molecule has 1 amide bonds. The maximum atomic E-state index is 12.6. The Morgan fingerprint density at radius 1 is 1.26 bits per heavy atom. The first-order chi connectivity index (χ1) is 10.5. The van der Waals surface area contributed by atoms with E-state index in [1.807, 2.05) is 13.8 Å². The van der Waals surface area contributed by atoms with Crippen LogP contribution in [-0.2, 0) is 24.3 Å². The monoisotopic (exact) mass is 352 g/mol. The molecule has 0 aromatic heterocycles. The van der Waals surface area contributed by atoms with E-state index in [4.69, 9.17) is 9.84 Å². The van der Waals surface area contributed by atoms with Crippen LogP contribution in [0.2, 0.25) is 0 Å². The highest BCUT2D eigenvalue weighted by atomic mass is 32.2. The van der Waals surface area contributed by atoms with Gasteiger partial charge in [0.2, 0.25) is 15.9 Å². The van der Waals surface area contributed by atoms with Crippen LogP contribution in [0.4, 0.5) is 0 Å². The molecular formula is C14H28N2O6S. The van der Waals surface area contributed by atoms with E-state index in [-0.39, 0.29) is 30.7 Å². The van der Waals surface area contributed by atoms with Crippen molar-refractivity contribution in [1.29, 1.82) is 0 Å². The molecule has 0 radical (unpaired) electrons. The Bertz CT molecular complexity index is 491. The van der Waals surface area contributed by atoms with Gasteiger partial charge in [-0.15, -0.1) is 0 Å². The summed E-state index contributed by atoms with van der Waals surface area (Å²) in [5.74, 6) is -1.59. The predicted molar refractivity (Wildman–Crippen MR) is 86.5 cm³/mol. The van der Waals surface area contributed by atoms with Crippen LogP contribution in [-0.4, -0.2) is 67.8 Å². The van der Waals surface area contributed by atoms with Gasteiger partial charge in [0, 0.05) is 27.1 Å². The van der Waals surface area contributed by atoms with E-state index >= 15 is 0 Å². The summed E-state index contributed by atoms with van der Waals surface area (Å²) in [7, 11) is -2.41. The first kappa shape index (κ1) is 21.8. The van der Waals surface area contributed by atoms with Gasteiger partial charge in [-0.05, 0) is 19.3 Å². The number of carboxylic acids is 1. The fourth-order valence-corrected chi connectivity index (χ4v) is 4.00. The summed E-state index contributed by atoms with van der Waals surface area (Å²) in [4.78, 5) is 22.1. The maximum Gasteiger partial charge on any atom is 0.321 e. The summed E-state index contributed by atoms with van der Waals surface area (Å²) in [6.07, 6.45) is 0.0424. The summed E-state index contributed by atoms with van der Waals surface area (Å²) >= 11 is 0. The van der Waals surface area contributed by atoms with Crippen molar-refractivity contribution in [2.75, 3.05) is 26.0 Å². The van der Waals surface area contributed by atoms with Crippen LogP contribution in [0, 0.1) is 5.92 Å². The molecule has 0 aliphatic heterocycles. The summed E-state index contributed by atoms with van der Waals surface area (Å²) in [6, 6.07) is -1.22. The second-order valence-corrected chi connectivity index (χ2v) is 7.84. The molecule has 9 heteroatoms. The molecule has 8 nitrogen and oxygen atoms in total. The lowest BCUT2D eigenvalue weighted by Gasteiger charge is -2.28. The van der Waals surface area contributed by atoms with Crippen molar-refractivity contribution >= 4 is 21.9 Å². The molecule has 0 aromatic rings. The molecule has 0 fully saturated rings. The Kier molecular flexibility index (Phi) is 9.33. The number of hydrogen-bond acceptors (Lipinski definition) is 5. The van der Waals surface area contributed by atoms with Crippen LogP contribution >= 0.6 is 0 Å². The van der Waals surface area contributed by atoms with Crippen molar-refractivity contribution in [3.8, 4) is 0 Å². The van der Waals surface area contributed by atoms with Gasteiger partial charge >= 0.3 is 5.97 Å². The molecule has 2 unspecified atom stereocenters. The molecule has 0 saturated heterocycles. The summed E-state index contributed by atoms with van der Waals surface area (Å²) in [6.45, 7) is 6.46. The Morgan fingerprint density at radius 3 is 2.22 bits per heavy atom. The number of carboxylic acid groups (broad SMARTS) is 1. The van der Waals surface area contributed by atoms with Crippen molar-refractivity contribution in [2.45, 2.75) is 46.3 Å². The van der Waals surface area contributed by atoms with Crippen LogP contribution in [0.15, 0.2) is 0 Å². The smallest absolute Gasteiger partial charge is 0.321 e. The molecule has 0 heterocycles. The normalized spacial score (nSPS) is 14.7. The van der Waals surface area contributed by atoms with E-state index in [2.05, 4.69) is 5.32 Å². The van der Waals surface area contributed by atoms with E-state index in [0.29, 0.717) is 6.42 Å². The SMILES string of the molecule is COC(CC(C)C)CS(=O)(=O)N(CCNC(C)=O)C(C)C(=O)O. The largest absolute Gasteiger partial charge is 0.480 e. The van der Waals surface area contributed by atoms with Crippen LogP contribution in [0.5, 0.6) is 0 Å². The molecule has 23 heavy (non-hydrogen) atoms. The standard InChI is InChI=1S/C14H28N2O6S/c1-10(2)8-13(22-5)9-23(20,21)16(11(3)14(18)19)7-6-15-12(4)17/h10-11,13H,6-9H2,1-5H3,(H,15,17)(H,18,19). The quantitative estimate of drug-likeness (QED) is 0.552. The van der Waals surface area contributed by atoms with Gasteiger partial charge in [-0.3, -0.25) is 9.59 Å².